The van der Waals surface area contributed by atoms with Crippen molar-refractivity contribution in [3.63, 3.8) is 0 Å². The Morgan fingerprint density at radius 1 is 1.38 bits per heavy atom. The van der Waals surface area contributed by atoms with Crippen LogP contribution in [-0.4, -0.2) is 19.0 Å². The predicted octanol–water partition coefficient (Wildman–Crippen LogP) is 0.871. The predicted molar refractivity (Wildman–Crippen MR) is 63.1 cm³/mol. The van der Waals surface area contributed by atoms with Crippen LogP contribution in [0.15, 0.2) is 29.3 Å². The number of hydrogen-bond donors (Lipinski definition) is 2. The fourth-order valence-electron chi connectivity index (χ4n) is 2.47. The van der Waals surface area contributed by atoms with E-state index >= 15 is 0 Å². The maximum absolute atomic E-state index is 5.81. The number of nitrogens with two attached hydrogens (primary N) is 2. The lowest BCUT2D eigenvalue weighted by Crippen LogP contribution is -2.20. The summed E-state index contributed by atoms with van der Waals surface area (Å²) in [5, 5.41) is 0. The fourth-order valence-corrected chi connectivity index (χ4v) is 2.47. The molecule has 0 radical (unpaired) electrons. The van der Waals surface area contributed by atoms with Gasteiger partial charge in [0.05, 0.1) is 12.1 Å². The van der Waals surface area contributed by atoms with Crippen LogP contribution < -0.4 is 11.5 Å². The van der Waals surface area contributed by atoms with Crippen LogP contribution in [0.25, 0.3) is 0 Å². The number of rotatable bonds is 1. The van der Waals surface area contributed by atoms with Crippen molar-refractivity contribution >= 4 is 11.5 Å². The molecule has 0 saturated heterocycles. The van der Waals surface area contributed by atoms with E-state index in [0.717, 1.165) is 24.3 Å². The van der Waals surface area contributed by atoms with Crippen LogP contribution in [0, 0.1) is 5.92 Å². The van der Waals surface area contributed by atoms with Gasteiger partial charge in [0.25, 0.3) is 0 Å². The standard InChI is InChI=1S/C12H15N3O/c13-10-3-1-2-8(4-10)12-5-9(12)6-16-7-11(14)15-12/h1-4,9H,5-7,13H2,(H2,14,15). The third kappa shape index (κ3) is 1.38. The van der Waals surface area contributed by atoms with Gasteiger partial charge >= 0.3 is 0 Å². The number of hydrogen-bond acceptors (Lipinski definition) is 4. The molecule has 0 bridgehead atoms. The average molecular weight is 217 g/mol. The molecule has 0 aromatic heterocycles. The Morgan fingerprint density at radius 2 is 2.25 bits per heavy atom. The van der Waals surface area contributed by atoms with Crippen LogP contribution in [0.3, 0.4) is 0 Å². The molecule has 1 aromatic carbocycles. The van der Waals surface area contributed by atoms with E-state index in [1.54, 1.807) is 0 Å². The molecule has 4 heteroatoms. The Kier molecular flexibility index (Phi) is 1.94. The van der Waals surface area contributed by atoms with Gasteiger partial charge in [0, 0.05) is 11.6 Å². The van der Waals surface area contributed by atoms with Gasteiger partial charge in [-0.3, -0.25) is 4.99 Å². The number of fused-ring (bicyclic) bond motifs is 1. The van der Waals surface area contributed by atoms with Crippen LogP contribution >= 0.6 is 0 Å². The highest BCUT2D eigenvalue weighted by Crippen LogP contribution is 2.56. The minimum atomic E-state index is -0.157. The summed E-state index contributed by atoms with van der Waals surface area (Å²) in [6.07, 6.45) is 1.01. The van der Waals surface area contributed by atoms with Crippen LogP contribution in [0.2, 0.25) is 0 Å². The zero-order valence-electron chi connectivity index (χ0n) is 9.02. The topological polar surface area (TPSA) is 73.6 Å². The van der Waals surface area contributed by atoms with Crippen molar-refractivity contribution in [3.8, 4) is 0 Å². The van der Waals surface area contributed by atoms with E-state index in [-0.39, 0.29) is 5.54 Å². The van der Waals surface area contributed by atoms with E-state index < -0.39 is 0 Å². The number of aliphatic imine (C=N–C) groups is 1. The van der Waals surface area contributed by atoms with Crippen molar-refractivity contribution in [2.75, 3.05) is 18.9 Å². The molecule has 0 amide bonds. The molecule has 16 heavy (non-hydrogen) atoms. The quantitative estimate of drug-likeness (QED) is 0.685. The maximum atomic E-state index is 5.81. The number of anilines is 1. The van der Waals surface area contributed by atoms with Crippen LogP contribution in [-0.2, 0) is 10.3 Å². The van der Waals surface area contributed by atoms with Crippen molar-refractivity contribution in [3.05, 3.63) is 29.8 Å². The van der Waals surface area contributed by atoms with Gasteiger partial charge in [-0.2, -0.15) is 0 Å². The lowest BCUT2D eigenvalue weighted by atomic mass is 10.0. The first-order valence-electron chi connectivity index (χ1n) is 5.49. The van der Waals surface area contributed by atoms with Crippen molar-refractivity contribution < 1.29 is 4.74 Å². The van der Waals surface area contributed by atoms with Gasteiger partial charge in [-0.25, -0.2) is 0 Å². The van der Waals surface area contributed by atoms with E-state index in [0.29, 0.717) is 18.4 Å². The lowest BCUT2D eigenvalue weighted by Gasteiger charge is -2.12. The number of ether oxygens (including phenoxy) is 1. The molecule has 2 atom stereocenters. The van der Waals surface area contributed by atoms with E-state index in [1.165, 1.54) is 0 Å². The maximum Gasteiger partial charge on any atom is 0.121 e. The summed E-state index contributed by atoms with van der Waals surface area (Å²) in [6.45, 7) is 1.18. The van der Waals surface area contributed by atoms with E-state index in [9.17, 15) is 0 Å². The van der Waals surface area contributed by atoms with Gasteiger partial charge in [-0.1, -0.05) is 12.1 Å². The Morgan fingerprint density at radius 3 is 3.06 bits per heavy atom. The number of nitrogens with zero attached hydrogens (tertiary/aromatic N) is 1. The van der Waals surface area contributed by atoms with Gasteiger partial charge in [-0.15, -0.1) is 0 Å². The summed E-state index contributed by atoms with van der Waals surface area (Å²) < 4.78 is 5.45. The Balaban J connectivity index is 2.03. The van der Waals surface area contributed by atoms with Gasteiger partial charge in [0.15, 0.2) is 0 Å². The van der Waals surface area contributed by atoms with Gasteiger partial charge in [-0.05, 0) is 24.1 Å². The summed E-state index contributed by atoms with van der Waals surface area (Å²) in [4.78, 5) is 4.61. The van der Waals surface area contributed by atoms with Crippen molar-refractivity contribution in [1.82, 2.24) is 0 Å². The largest absolute Gasteiger partial charge is 0.399 e. The van der Waals surface area contributed by atoms with E-state index in [2.05, 4.69) is 11.1 Å². The summed E-state index contributed by atoms with van der Waals surface area (Å²) in [7, 11) is 0. The molecule has 84 valence electrons. The van der Waals surface area contributed by atoms with Gasteiger partial charge in [0.1, 0.15) is 12.4 Å². The molecule has 1 aliphatic carbocycles. The Hall–Kier alpha value is -1.55. The summed E-state index contributed by atoms with van der Waals surface area (Å²) in [5.41, 5.74) is 13.4. The second-order valence-electron chi connectivity index (χ2n) is 4.57. The van der Waals surface area contributed by atoms with Crippen LogP contribution in [0.5, 0.6) is 0 Å². The Bertz CT molecular complexity index is 457. The summed E-state index contributed by atoms with van der Waals surface area (Å²) in [6, 6.07) is 7.91. The van der Waals surface area contributed by atoms with E-state index in [1.807, 2.05) is 18.2 Å². The van der Waals surface area contributed by atoms with Crippen LogP contribution in [0.4, 0.5) is 5.69 Å². The average Bonchev–Trinajstić information content (AvgIpc) is 2.93. The molecule has 1 heterocycles. The monoisotopic (exact) mass is 217 g/mol. The minimum absolute atomic E-state index is 0.157. The lowest BCUT2D eigenvalue weighted by molar-refractivity contribution is 0.159. The third-order valence-electron chi connectivity index (χ3n) is 3.37. The number of amidine groups is 1. The molecule has 4 nitrogen and oxygen atoms in total. The molecule has 1 aliphatic heterocycles. The highest BCUT2D eigenvalue weighted by atomic mass is 16.5. The summed E-state index contributed by atoms with van der Waals surface area (Å²) >= 11 is 0. The first kappa shape index (κ1) is 9.66. The van der Waals surface area contributed by atoms with Gasteiger partial charge < -0.3 is 16.2 Å². The molecule has 2 unspecified atom stereocenters. The van der Waals surface area contributed by atoms with Crippen molar-refractivity contribution in [2.24, 2.45) is 16.6 Å². The summed E-state index contributed by atoms with van der Waals surface area (Å²) in [5.74, 6) is 1.04. The normalized spacial score (nSPS) is 32.5. The molecule has 2 aliphatic rings. The van der Waals surface area contributed by atoms with Crippen molar-refractivity contribution in [2.45, 2.75) is 12.0 Å². The number of nitrogen functional groups attached to an aromatic ring is 1. The SMILES string of the molecule is NC1=NC2(c3cccc(N)c3)CC2COC1. The smallest absolute Gasteiger partial charge is 0.121 e. The highest BCUT2D eigenvalue weighted by molar-refractivity contribution is 5.82. The minimum Gasteiger partial charge on any atom is -0.399 e. The first-order valence-corrected chi connectivity index (χ1v) is 5.49. The molecule has 1 saturated carbocycles. The molecular formula is C12H15N3O. The molecule has 1 aromatic rings. The zero-order valence-corrected chi connectivity index (χ0v) is 9.02. The molecule has 0 spiro atoms. The molecule has 1 fully saturated rings. The third-order valence-corrected chi connectivity index (χ3v) is 3.37. The molecule has 4 N–H and O–H groups in total. The van der Waals surface area contributed by atoms with Gasteiger partial charge in [0.2, 0.25) is 0 Å². The number of benzene rings is 1. The Labute approximate surface area is 94.3 Å². The first-order chi connectivity index (χ1) is 7.71. The van der Waals surface area contributed by atoms with Crippen molar-refractivity contribution in [1.29, 1.82) is 0 Å². The van der Waals surface area contributed by atoms with E-state index in [4.69, 9.17) is 16.2 Å². The highest BCUT2D eigenvalue weighted by Gasteiger charge is 2.56. The zero-order chi connectivity index (χ0) is 11.2. The molecular weight excluding hydrogens is 202 g/mol. The second-order valence-corrected chi connectivity index (χ2v) is 4.57. The second kappa shape index (κ2) is 3.22. The molecule has 3 rings (SSSR count). The van der Waals surface area contributed by atoms with Crippen LogP contribution in [0.1, 0.15) is 12.0 Å². The fraction of sp³-hybridized carbons (Fsp3) is 0.417.